The number of aliphatic hydroxyl groups is 2. The predicted octanol–water partition coefficient (Wildman–Crippen LogP) is 2.74. The lowest BCUT2D eigenvalue weighted by Gasteiger charge is -2.24. The molecule has 1 aliphatic carbocycles. The van der Waals surface area contributed by atoms with Gasteiger partial charge in [0.25, 0.3) is 0 Å². The number of hydrogen-bond acceptors (Lipinski definition) is 9. The van der Waals surface area contributed by atoms with Crippen molar-refractivity contribution in [1.82, 2.24) is 8.88 Å². The van der Waals surface area contributed by atoms with Gasteiger partial charge >= 0.3 is 0 Å². The quantitative estimate of drug-likeness (QED) is 0.127. The summed E-state index contributed by atoms with van der Waals surface area (Å²) in [4.78, 5) is 0.989. The molecular formula is C31H39N3O8S2. The molecule has 0 radical (unpaired) electrons. The van der Waals surface area contributed by atoms with E-state index in [1.54, 1.807) is 0 Å². The Bertz CT molecular complexity index is 1890. The van der Waals surface area contributed by atoms with Gasteiger partial charge in [-0.1, -0.05) is 6.07 Å². The highest BCUT2D eigenvalue weighted by atomic mass is 32.2. The van der Waals surface area contributed by atoms with Gasteiger partial charge in [0.05, 0.1) is 29.1 Å². The van der Waals surface area contributed by atoms with Crippen LogP contribution < -0.4 is 14.8 Å². The van der Waals surface area contributed by atoms with Gasteiger partial charge in [-0.05, 0) is 58.0 Å². The van der Waals surface area contributed by atoms with E-state index in [1.165, 1.54) is 12.1 Å². The largest absolute Gasteiger partial charge is 0.744 e. The van der Waals surface area contributed by atoms with E-state index >= 15 is 0 Å². The van der Waals surface area contributed by atoms with E-state index in [2.05, 4.69) is 9.48 Å². The van der Waals surface area contributed by atoms with Gasteiger partial charge in [0.15, 0.2) is 0 Å². The number of anilines is 1. The first kappa shape index (κ1) is 33.6. The van der Waals surface area contributed by atoms with Crippen LogP contribution in [-0.4, -0.2) is 88.4 Å². The maximum Gasteiger partial charge on any atom is 0.243 e. The first-order valence-electron chi connectivity index (χ1n) is 14.6. The topological polar surface area (TPSA) is 154 Å². The summed E-state index contributed by atoms with van der Waals surface area (Å²) in [5, 5.41) is 20.2. The minimum atomic E-state index is -5.19. The summed E-state index contributed by atoms with van der Waals surface area (Å²) in [6.45, 7) is 9.52. The van der Waals surface area contributed by atoms with Crippen LogP contribution in [0.25, 0.3) is 33.4 Å². The fraction of sp³-hybridized carbons (Fsp3) is 0.387. The van der Waals surface area contributed by atoms with Crippen LogP contribution in [0.1, 0.15) is 27.7 Å². The molecule has 0 saturated carbocycles. The highest BCUT2D eigenvalue weighted by Gasteiger charge is 2.28. The van der Waals surface area contributed by atoms with Crippen molar-refractivity contribution >= 4 is 36.8 Å². The van der Waals surface area contributed by atoms with Crippen molar-refractivity contribution < 1.29 is 36.0 Å². The van der Waals surface area contributed by atoms with Gasteiger partial charge in [-0.3, -0.25) is 0 Å². The van der Waals surface area contributed by atoms with Gasteiger partial charge in [0, 0.05) is 66.1 Å². The van der Waals surface area contributed by atoms with Crippen LogP contribution in [0.2, 0.25) is 0 Å². The Morgan fingerprint density at radius 3 is 2.02 bits per heavy atom. The Labute approximate surface area is 258 Å². The van der Waals surface area contributed by atoms with E-state index in [0.717, 1.165) is 47.6 Å². The maximum atomic E-state index is 13.4. The van der Waals surface area contributed by atoms with Crippen molar-refractivity contribution in [1.29, 1.82) is 0 Å². The molecule has 2 aromatic carbocycles. The number of benzene rings is 3. The third-order valence-electron chi connectivity index (χ3n) is 7.77. The highest BCUT2D eigenvalue weighted by molar-refractivity contribution is 7.89. The SMILES string of the molecule is CCN(CC)c1ccc2c(-c3ccc(S(=O)(=O)N(CCO)CCO)cc3S(=O)(=O)[O-])c3ccc(=[N+](CC)CC)cc-3oc2c1. The minimum Gasteiger partial charge on any atom is -0.744 e. The molecule has 44 heavy (non-hydrogen) atoms. The molecule has 2 N–H and O–H groups in total. The molecule has 0 unspecified atom stereocenters. The van der Waals surface area contributed by atoms with Crippen molar-refractivity contribution in [3.8, 4) is 22.5 Å². The molecule has 4 rings (SSSR count). The number of fused-ring (bicyclic) bond motifs is 2. The van der Waals surface area contributed by atoms with E-state index in [1.807, 2.05) is 64.1 Å². The summed E-state index contributed by atoms with van der Waals surface area (Å²) in [6, 6.07) is 14.6. The van der Waals surface area contributed by atoms with Crippen LogP contribution in [0.4, 0.5) is 5.69 Å². The Kier molecular flexibility index (Phi) is 10.5. The van der Waals surface area contributed by atoms with Crippen LogP contribution in [0.3, 0.4) is 0 Å². The minimum absolute atomic E-state index is 0.0341. The second-order valence-corrected chi connectivity index (χ2v) is 13.4. The number of hydrogen-bond donors (Lipinski definition) is 2. The van der Waals surface area contributed by atoms with Gasteiger partial charge < -0.3 is 24.1 Å². The highest BCUT2D eigenvalue weighted by Crippen LogP contribution is 2.43. The van der Waals surface area contributed by atoms with Crippen molar-refractivity contribution in [3.63, 3.8) is 0 Å². The zero-order chi connectivity index (χ0) is 32.2. The summed E-state index contributed by atoms with van der Waals surface area (Å²) >= 11 is 0. The molecular weight excluding hydrogens is 606 g/mol. The molecule has 2 aliphatic rings. The van der Waals surface area contributed by atoms with Crippen LogP contribution in [0, 0.1) is 0 Å². The molecule has 0 amide bonds. The Balaban J connectivity index is 2.11. The van der Waals surface area contributed by atoms with Gasteiger partial charge in [0.1, 0.15) is 34.6 Å². The molecule has 1 aliphatic heterocycles. The smallest absolute Gasteiger partial charge is 0.243 e. The second-order valence-electron chi connectivity index (χ2n) is 10.1. The Morgan fingerprint density at radius 2 is 1.45 bits per heavy atom. The monoisotopic (exact) mass is 645 g/mol. The standard InChI is InChI=1S/C31H39N3O8S2/c1-5-32(6-2)22-9-12-25-28(19-22)42-29-20-23(33(7-3)8-4)10-13-26(29)31(25)27-14-11-24(21-30(27)44(39,40)41)43(37,38)34(15-17-35)16-18-36/h9-14,19-21,35-36H,5-8,15-18H2,1-4H3. The van der Waals surface area contributed by atoms with Gasteiger partial charge in [-0.25, -0.2) is 21.4 Å². The number of aliphatic hydroxyl groups excluding tert-OH is 2. The normalized spacial score (nSPS) is 12.4. The average Bonchev–Trinajstić information content (AvgIpc) is 3.00. The van der Waals surface area contributed by atoms with E-state index in [-0.39, 0.29) is 18.7 Å². The lowest BCUT2D eigenvalue weighted by molar-refractivity contribution is 0.217. The third kappa shape index (κ3) is 6.53. The van der Waals surface area contributed by atoms with E-state index in [9.17, 15) is 31.6 Å². The maximum absolute atomic E-state index is 13.4. The van der Waals surface area contributed by atoms with E-state index in [4.69, 9.17) is 4.42 Å². The van der Waals surface area contributed by atoms with Crippen molar-refractivity contribution in [2.24, 2.45) is 0 Å². The van der Waals surface area contributed by atoms with E-state index < -0.39 is 43.1 Å². The zero-order valence-electron chi connectivity index (χ0n) is 25.4. The number of rotatable bonds is 13. The second kappa shape index (κ2) is 13.8. The van der Waals surface area contributed by atoms with Crippen molar-refractivity contribution in [2.75, 3.05) is 57.4 Å². The fourth-order valence-corrected chi connectivity index (χ4v) is 7.76. The summed E-state index contributed by atoms with van der Waals surface area (Å²) in [7, 11) is -9.54. The summed E-state index contributed by atoms with van der Waals surface area (Å²) in [5.41, 5.74) is 2.37. The van der Waals surface area contributed by atoms with Crippen molar-refractivity contribution in [3.05, 3.63) is 60.0 Å². The lowest BCUT2D eigenvalue weighted by Crippen LogP contribution is -2.36. The molecule has 0 atom stereocenters. The first-order valence-corrected chi connectivity index (χ1v) is 17.5. The Morgan fingerprint density at radius 1 is 0.818 bits per heavy atom. The molecule has 0 bridgehead atoms. The van der Waals surface area contributed by atoms with Crippen molar-refractivity contribution in [2.45, 2.75) is 37.5 Å². The van der Waals surface area contributed by atoms with Gasteiger partial charge in [-0.15, -0.1) is 0 Å². The molecule has 0 fully saturated rings. The van der Waals surface area contributed by atoms with Crippen LogP contribution in [0.15, 0.2) is 68.8 Å². The fourth-order valence-electron chi connectivity index (χ4n) is 5.53. The van der Waals surface area contributed by atoms with Gasteiger partial charge in [-0.2, -0.15) is 4.31 Å². The molecule has 238 valence electrons. The molecule has 1 heterocycles. The van der Waals surface area contributed by atoms with Crippen LogP contribution in [-0.2, 0) is 20.1 Å². The lowest BCUT2D eigenvalue weighted by atomic mass is 9.93. The van der Waals surface area contributed by atoms with Crippen LogP contribution >= 0.6 is 0 Å². The zero-order valence-corrected chi connectivity index (χ0v) is 27.0. The summed E-state index contributed by atoms with van der Waals surface area (Å²) in [5.74, 6) is 0.469. The van der Waals surface area contributed by atoms with E-state index in [0.29, 0.717) is 27.9 Å². The molecule has 2 aromatic rings. The first-order chi connectivity index (χ1) is 20.9. The summed E-state index contributed by atoms with van der Waals surface area (Å²) in [6.07, 6.45) is 0. The summed E-state index contributed by atoms with van der Waals surface area (Å²) < 4.78 is 74.4. The molecule has 0 aromatic heterocycles. The number of nitrogens with zero attached hydrogens (tertiary/aromatic N) is 3. The molecule has 11 nitrogen and oxygen atoms in total. The average molecular weight is 646 g/mol. The third-order valence-corrected chi connectivity index (χ3v) is 10.5. The van der Waals surface area contributed by atoms with Crippen LogP contribution in [0.5, 0.6) is 0 Å². The van der Waals surface area contributed by atoms with Gasteiger partial charge in [0.2, 0.25) is 15.4 Å². The Hall–Kier alpha value is -3.33. The molecule has 0 spiro atoms. The number of sulfonamides is 1. The molecule has 0 saturated heterocycles. The molecule has 13 heteroatoms. The predicted molar refractivity (Wildman–Crippen MR) is 169 cm³/mol.